The molecule has 0 amide bonds. The number of rotatable bonds is 3. The lowest BCUT2D eigenvalue weighted by Gasteiger charge is -1.66. The topological polar surface area (TPSA) is 29.4 Å². The van der Waals surface area contributed by atoms with Crippen LogP contribution in [0.15, 0.2) is 29.9 Å². The second kappa shape index (κ2) is 5.82. The van der Waals surface area contributed by atoms with E-state index in [1.165, 1.54) is 24.6 Å². The third-order valence-corrected chi connectivity index (χ3v) is 0.442. The van der Waals surface area contributed by atoms with Crippen LogP contribution in [0.5, 0.6) is 0 Å². The van der Waals surface area contributed by atoms with Crippen molar-refractivity contribution in [2.45, 2.75) is 0 Å². The molecule has 42 valence electrons. The lowest BCUT2D eigenvalue weighted by molar-refractivity contribution is -0.104. The van der Waals surface area contributed by atoms with Gasteiger partial charge in [-0.25, -0.2) is 0 Å². The number of nitrogens with zero attached hydrogens (tertiary/aromatic N) is 1. The van der Waals surface area contributed by atoms with E-state index in [0.717, 1.165) is 0 Å². The summed E-state index contributed by atoms with van der Waals surface area (Å²) in [5, 5.41) is 0. The fraction of sp³-hybridized carbons (Fsp3) is 0. The molecule has 0 heterocycles. The van der Waals surface area contributed by atoms with Crippen molar-refractivity contribution in [1.29, 1.82) is 0 Å². The van der Waals surface area contributed by atoms with Crippen LogP contribution in [0.2, 0.25) is 0 Å². The Kier molecular flexibility index (Phi) is 4.96. The summed E-state index contributed by atoms with van der Waals surface area (Å²) in [6.45, 7) is 3.39. The largest absolute Gasteiger partial charge is 0.299 e. The molecule has 0 spiro atoms. The van der Waals surface area contributed by atoms with Crippen LogP contribution in [0.25, 0.3) is 0 Å². The third-order valence-electron chi connectivity index (χ3n) is 0.442. The van der Waals surface area contributed by atoms with Crippen molar-refractivity contribution in [3.63, 3.8) is 0 Å². The molecule has 0 aromatic rings. The highest BCUT2D eigenvalue weighted by Gasteiger charge is 1.57. The van der Waals surface area contributed by atoms with Gasteiger partial charge in [-0.15, -0.1) is 0 Å². The van der Waals surface area contributed by atoms with Gasteiger partial charge in [0.05, 0.1) is 0 Å². The summed E-state index contributed by atoms with van der Waals surface area (Å²) in [7, 11) is 0. The molecule has 2 heteroatoms. The summed E-state index contributed by atoms with van der Waals surface area (Å²) in [6, 6.07) is 0. The van der Waals surface area contributed by atoms with E-state index in [1.54, 1.807) is 0 Å². The molecule has 0 saturated heterocycles. The minimum atomic E-state index is 0.667. The van der Waals surface area contributed by atoms with Crippen LogP contribution in [0.1, 0.15) is 0 Å². The van der Waals surface area contributed by atoms with Gasteiger partial charge in [0.25, 0.3) is 0 Å². The number of hydrogen-bond acceptors (Lipinski definition) is 2. The Bertz CT molecular complexity index is 108. The third kappa shape index (κ3) is 4.82. The van der Waals surface area contributed by atoms with Gasteiger partial charge in [-0.05, 0) is 6.08 Å². The van der Waals surface area contributed by atoms with Crippen LogP contribution >= 0.6 is 0 Å². The van der Waals surface area contributed by atoms with E-state index in [4.69, 9.17) is 0 Å². The predicted octanol–water partition coefficient (Wildman–Crippen LogP) is 0.956. The standard InChI is InChI=1S/C6H7NO/c1-2-4-7-5-3-6-8/h2-6H,1H2/b5-3+,7-4?. The Balaban J connectivity index is 3.41. The number of aldehydes is 1. The summed E-state index contributed by atoms with van der Waals surface area (Å²) in [5.41, 5.74) is 0. The van der Waals surface area contributed by atoms with Crippen LogP contribution in [-0.4, -0.2) is 12.5 Å². The number of hydrogen-bond donors (Lipinski definition) is 0. The second-order valence-corrected chi connectivity index (χ2v) is 1.01. The molecule has 0 rings (SSSR count). The van der Waals surface area contributed by atoms with E-state index in [9.17, 15) is 4.79 Å². The predicted molar refractivity (Wildman–Crippen MR) is 33.9 cm³/mol. The fourth-order valence-corrected chi connectivity index (χ4v) is 0.195. The molecular formula is C6H7NO. The molecule has 0 bridgehead atoms. The van der Waals surface area contributed by atoms with E-state index in [-0.39, 0.29) is 0 Å². The Morgan fingerprint density at radius 1 is 1.50 bits per heavy atom. The van der Waals surface area contributed by atoms with Gasteiger partial charge in [0, 0.05) is 12.4 Å². The van der Waals surface area contributed by atoms with Gasteiger partial charge < -0.3 is 0 Å². The lowest BCUT2D eigenvalue weighted by atomic mass is 10.6. The zero-order valence-corrected chi connectivity index (χ0v) is 4.45. The molecule has 0 aromatic carbocycles. The second-order valence-electron chi connectivity index (χ2n) is 1.01. The van der Waals surface area contributed by atoms with Gasteiger partial charge in [-0.3, -0.25) is 9.79 Å². The summed E-state index contributed by atoms with van der Waals surface area (Å²) in [6.07, 6.45) is 6.41. The Labute approximate surface area is 48.2 Å². The summed E-state index contributed by atoms with van der Waals surface area (Å²) < 4.78 is 0. The van der Waals surface area contributed by atoms with Gasteiger partial charge >= 0.3 is 0 Å². The normalized spacial score (nSPS) is 10.5. The monoisotopic (exact) mass is 109 g/mol. The molecule has 0 radical (unpaired) electrons. The van der Waals surface area contributed by atoms with Crippen molar-refractivity contribution in [3.8, 4) is 0 Å². The molecule has 0 aliphatic heterocycles. The fourth-order valence-electron chi connectivity index (χ4n) is 0.195. The molecule has 0 aliphatic carbocycles. The summed E-state index contributed by atoms with van der Waals surface area (Å²) >= 11 is 0. The molecule has 0 N–H and O–H groups in total. The van der Waals surface area contributed by atoms with E-state index in [1.807, 2.05) is 0 Å². The smallest absolute Gasteiger partial charge is 0.144 e. The maximum atomic E-state index is 9.58. The van der Waals surface area contributed by atoms with E-state index < -0.39 is 0 Å². The number of carbonyl (C=O) groups is 1. The van der Waals surface area contributed by atoms with Crippen molar-refractivity contribution < 1.29 is 4.79 Å². The molecule has 0 aliphatic rings. The van der Waals surface area contributed by atoms with Crippen molar-refractivity contribution in [3.05, 3.63) is 24.9 Å². The number of allylic oxidation sites excluding steroid dienone is 2. The van der Waals surface area contributed by atoms with Crippen molar-refractivity contribution in [2.24, 2.45) is 4.99 Å². The van der Waals surface area contributed by atoms with E-state index >= 15 is 0 Å². The Morgan fingerprint density at radius 3 is 2.75 bits per heavy atom. The molecule has 0 aromatic heterocycles. The van der Waals surface area contributed by atoms with Crippen LogP contribution in [0.4, 0.5) is 0 Å². The quantitative estimate of drug-likeness (QED) is 0.301. The molecule has 2 nitrogen and oxygen atoms in total. The first-order valence-electron chi connectivity index (χ1n) is 2.16. The Morgan fingerprint density at radius 2 is 2.25 bits per heavy atom. The number of carbonyl (C=O) groups excluding carboxylic acids is 1. The van der Waals surface area contributed by atoms with Gasteiger partial charge in [-0.1, -0.05) is 12.7 Å². The zero-order valence-electron chi connectivity index (χ0n) is 4.45. The minimum Gasteiger partial charge on any atom is -0.299 e. The first kappa shape index (κ1) is 6.82. The van der Waals surface area contributed by atoms with Gasteiger partial charge in [0.15, 0.2) is 0 Å². The maximum Gasteiger partial charge on any atom is 0.144 e. The summed E-state index contributed by atoms with van der Waals surface area (Å²) in [5.74, 6) is 0. The lowest BCUT2D eigenvalue weighted by Crippen LogP contribution is -1.59. The molecule has 8 heavy (non-hydrogen) atoms. The van der Waals surface area contributed by atoms with E-state index in [2.05, 4.69) is 11.6 Å². The molecule has 0 atom stereocenters. The highest BCUT2D eigenvalue weighted by Crippen LogP contribution is 1.67. The van der Waals surface area contributed by atoms with Crippen LogP contribution in [0.3, 0.4) is 0 Å². The van der Waals surface area contributed by atoms with Gasteiger partial charge in [0.1, 0.15) is 6.29 Å². The van der Waals surface area contributed by atoms with Crippen molar-refractivity contribution >= 4 is 12.5 Å². The molecule has 0 saturated carbocycles. The van der Waals surface area contributed by atoms with Crippen molar-refractivity contribution in [1.82, 2.24) is 0 Å². The SMILES string of the molecule is C=CC=N/C=C/C=O. The van der Waals surface area contributed by atoms with Gasteiger partial charge in [0.2, 0.25) is 0 Å². The summed E-state index contributed by atoms with van der Waals surface area (Å²) in [4.78, 5) is 13.2. The average Bonchev–Trinajstić information content (AvgIpc) is 1.81. The van der Waals surface area contributed by atoms with Crippen LogP contribution in [0, 0.1) is 0 Å². The Hall–Kier alpha value is -1.18. The van der Waals surface area contributed by atoms with Gasteiger partial charge in [-0.2, -0.15) is 0 Å². The van der Waals surface area contributed by atoms with Crippen LogP contribution < -0.4 is 0 Å². The maximum absolute atomic E-state index is 9.58. The first-order valence-corrected chi connectivity index (χ1v) is 2.16. The highest BCUT2D eigenvalue weighted by molar-refractivity contribution is 5.71. The average molecular weight is 109 g/mol. The minimum absolute atomic E-state index is 0.667. The molecular weight excluding hydrogens is 102 g/mol. The first-order chi connectivity index (χ1) is 3.91. The zero-order chi connectivity index (χ0) is 6.24. The highest BCUT2D eigenvalue weighted by atomic mass is 16.1. The number of aliphatic imine (C=N–C) groups is 1. The van der Waals surface area contributed by atoms with E-state index in [0.29, 0.717) is 6.29 Å². The van der Waals surface area contributed by atoms with Crippen LogP contribution in [-0.2, 0) is 4.79 Å². The molecule has 0 fully saturated rings. The molecule has 0 unspecified atom stereocenters. The van der Waals surface area contributed by atoms with Crippen molar-refractivity contribution in [2.75, 3.05) is 0 Å².